The first-order chi connectivity index (χ1) is 12.2. The van der Waals surface area contributed by atoms with Gasteiger partial charge in [0.25, 0.3) is 5.91 Å². The second-order valence-electron chi connectivity index (χ2n) is 6.23. The molecule has 0 unspecified atom stereocenters. The van der Waals surface area contributed by atoms with Crippen molar-refractivity contribution in [2.24, 2.45) is 0 Å². The fourth-order valence-electron chi connectivity index (χ4n) is 3.12. The fraction of sp³-hybridized carbons (Fsp3) is 0.500. The van der Waals surface area contributed by atoms with Crippen LogP contribution in [-0.4, -0.2) is 58.5 Å². The summed E-state index contributed by atoms with van der Waals surface area (Å²) in [6.07, 6.45) is 7.45. The Bertz CT molecular complexity index is 716. The molecule has 7 nitrogen and oxygen atoms in total. The number of likely N-dealkylation sites (tertiary alicyclic amines) is 1. The molecule has 0 radical (unpaired) electrons. The van der Waals surface area contributed by atoms with E-state index >= 15 is 0 Å². The zero-order chi connectivity index (χ0) is 17.6. The molecule has 2 aromatic heterocycles. The quantitative estimate of drug-likeness (QED) is 0.718. The highest BCUT2D eigenvalue weighted by molar-refractivity contribution is 5.96. The summed E-state index contributed by atoms with van der Waals surface area (Å²) >= 11 is 0. The van der Waals surface area contributed by atoms with Gasteiger partial charge in [-0.05, 0) is 37.5 Å². The molecule has 0 bridgehead atoms. The minimum Gasteiger partial charge on any atom is -0.475 e. The highest BCUT2D eigenvalue weighted by Crippen LogP contribution is 2.24. The summed E-state index contributed by atoms with van der Waals surface area (Å²) in [6.45, 7) is 4.29. The van der Waals surface area contributed by atoms with Crippen molar-refractivity contribution >= 4 is 5.91 Å². The van der Waals surface area contributed by atoms with Crippen molar-refractivity contribution in [1.82, 2.24) is 19.7 Å². The lowest BCUT2D eigenvalue weighted by molar-refractivity contribution is 0.0713. The van der Waals surface area contributed by atoms with Gasteiger partial charge in [-0.1, -0.05) is 0 Å². The molecule has 3 heterocycles. The Labute approximate surface area is 147 Å². The van der Waals surface area contributed by atoms with Crippen LogP contribution in [0, 0.1) is 6.92 Å². The monoisotopic (exact) mass is 344 g/mol. The second-order valence-corrected chi connectivity index (χ2v) is 6.23. The molecule has 1 amide bonds. The number of aromatic nitrogens is 3. The van der Waals surface area contributed by atoms with Gasteiger partial charge in [0.2, 0.25) is 5.88 Å². The molecule has 2 aromatic rings. The number of carbonyl (C=O) groups excluding carboxylic acids is 1. The molecule has 1 aliphatic rings. The largest absolute Gasteiger partial charge is 0.475 e. The van der Waals surface area contributed by atoms with E-state index in [2.05, 4.69) is 10.1 Å². The summed E-state index contributed by atoms with van der Waals surface area (Å²) in [6, 6.07) is 3.67. The third-order valence-electron chi connectivity index (χ3n) is 4.33. The van der Waals surface area contributed by atoms with Gasteiger partial charge >= 0.3 is 0 Å². The number of pyridine rings is 1. The third-order valence-corrected chi connectivity index (χ3v) is 4.33. The SMILES string of the molecule is COCCOc1ncccc1C(=O)N1CCC[C@H]1Cn1cc(C)cn1. The van der Waals surface area contributed by atoms with E-state index in [1.54, 1.807) is 25.4 Å². The van der Waals surface area contributed by atoms with Crippen LogP contribution in [0.3, 0.4) is 0 Å². The lowest BCUT2D eigenvalue weighted by atomic mass is 10.2. The fourth-order valence-corrected chi connectivity index (χ4v) is 3.12. The van der Waals surface area contributed by atoms with E-state index in [1.807, 2.05) is 28.9 Å². The maximum absolute atomic E-state index is 13.1. The molecule has 3 rings (SSSR count). The number of carbonyl (C=O) groups is 1. The first-order valence-electron chi connectivity index (χ1n) is 8.56. The van der Waals surface area contributed by atoms with Crippen molar-refractivity contribution in [3.63, 3.8) is 0 Å². The number of methoxy groups -OCH3 is 1. The van der Waals surface area contributed by atoms with Gasteiger partial charge in [0, 0.05) is 26.0 Å². The molecule has 0 N–H and O–H groups in total. The molecule has 0 spiro atoms. The molecule has 0 saturated carbocycles. The molecule has 0 aliphatic carbocycles. The molecular formula is C18H24N4O3. The lowest BCUT2D eigenvalue weighted by Crippen LogP contribution is -2.38. The van der Waals surface area contributed by atoms with E-state index < -0.39 is 0 Å². The van der Waals surface area contributed by atoms with Crippen LogP contribution in [0.1, 0.15) is 28.8 Å². The van der Waals surface area contributed by atoms with Crippen LogP contribution in [0.25, 0.3) is 0 Å². The molecular weight excluding hydrogens is 320 g/mol. The zero-order valence-electron chi connectivity index (χ0n) is 14.7. The predicted octanol–water partition coefficient (Wildman–Crippen LogP) is 1.92. The molecule has 25 heavy (non-hydrogen) atoms. The first-order valence-corrected chi connectivity index (χ1v) is 8.56. The van der Waals surface area contributed by atoms with Gasteiger partial charge in [-0.25, -0.2) is 4.98 Å². The van der Waals surface area contributed by atoms with E-state index in [9.17, 15) is 4.79 Å². The maximum atomic E-state index is 13.1. The number of hydrogen-bond donors (Lipinski definition) is 0. The van der Waals surface area contributed by atoms with Gasteiger partial charge in [0.05, 0.1) is 25.4 Å². The van der Waals surface area contributed by atoms with Crippen molar-refractivity contribution in [3.8, 4) is 5.88 Å². The van der Waals surface area contributed by atoms with Crippen LogP contribution in [-0.2, 0) is 11.3 Å². The Morgan fingerprint density at radius 3 is 3.04 bits per heavy atom. The van der Waals surface area contributed by atoms with E-state index in [1.165, 1.54) is 0 Å². The van der Waals surface area contributed by atoms with Gasteiger partial charge in [0.15, 0.2) is 0 Å². The van der Waals surface area contributed by atoms with Gasteiger partial charge < -0.3 is 14.4 Å². The molecule has 0 aromatic carbocycles. The average Bonchev–Trinajstić information content (AvgIpc) is 3.24. The van der Waals surface area contributed by atoms with Crippen molar-refractivity contribution in [2.45, 2.75) is 32.4 Å². The summed E-state index contributed by atoms with van der Waals surface area (Å²) in [5, 5.41) is 4.34. The predicted molar refractivity (Wildman–Crippen MR) is 92.6 cm³/mol. The number of rotatable bonds is 7. The Morgan fingerprint density at radius 1 is 1.40 bits per heavy atom. The number of hydrogen-bond acceptors (Lipinski definition) is 5. The zero-order valence-corrected chi connectivity index (χ0v) is 14.7. The number of nitrogens with zero attached hydrogens (tertiary/aromatic N) is 4. The van der Waals surface area contributed by atoms with Gasteiger partial charge in [-0.3, -0.25) is 9.48 Å². The molecule has 134 valence electrons. The Hall–Kier alpha value is -2.41. The summed E-state index contributed by atoms with van der Waals surface area (Å²) in [4.78, 5) is 19.2. The minimum atomic E-state index is -0.0353. The number of ether oxygens (including phenoxy) is 2. The van der Waals surface area contributed by atoms with Gasteiger partial charge in [0.1, 0.15) is 12.2 Å². The lowest BCUT2D eigenvalue weighted by Gasteiger charge is -2.25. The van der Waals surface area contributed by atoms with Crippen LogP contribution < -0.4 is 4.74 Å². The smallest absolute Gasteiger partial charge is 0.259 e. The molecule has 1 aliphatic heterocycles. The van der Waals surface area contributed by atoms with E-state index in [0.29, 0.717) is 31.2 Å². The Kier molecular flexibility index (Phi) is 5.65. The average molecular weight is 344 g/mol. The van der Waals surface area contributed by atoms with Crippen LogP contribution in [0.15, 0.2) is 30.7 Å². The topological polar surface area (TPSA) is 69.5 Å². The normalized spacial score (nSPS) is 17.0. The van der Waals surface area contributed by atoms with Crippen LogP contribution in [0.4, 0.5) is 0 Å². The van der Waals surface area contributed by atoms with E-state index in [-0.39, 0.29) is 11.9 Å². The first kappa shape index (κ1) is 17.4. The summed E-state index contributed by atoms with van der Waals surface area (Å²) in [7, 11) is 1.61. The third kappa shape index (κ3) is 4.17. The van der Waals surface area contributed by atoms with Crippen molar-refractivity contribution in [2.75, 3.05) is 26.9 Å². The van der Waals surface area contributed by atoms with Gasteiger partial charge in [-0.2, -0.15) is 5.10 Å². The molecule has 1 fully saturated rings. The Morgan fingerprint density at radius 2 is 2.28 bits per heavy atom. The molecule has 1 saturated heterocycles. The maximum Gasteiger partial charge on any atom is 0.259 e. The minimum absolute atomic E-state index is 0.0353. The summed E-state index contributed by atoms with van der Waals surface area (Å²) in [5.41, 5.74) is 1.62. The van der Waals surface area contributed by atoms with Crippen molar-refractivity contribution in [1.29, 1.82) is 0 Å². The Balaban J connectivity index is 1.73. The van der Waals surface area contributed by atoms with Gasteiger partial charge in [-0.15, -0.1) is 0 Å². The van der Waals surface area contributed by atoms with Crippen LogP contribution >= 0.6 is 0 Å². The van der Waals surface area contributed by atoms with E-state index in [0.717, 1.165) is 24.9 Å². The summed E-state index contributed by atoms with van der Waals surface area (Å²) in [5.74, 6) is 0.331. The van der Waals surface area contributed by atoms with Crippen LogP contribution in [0.2, 0.25) is 0 Å². The van der Waals surface area contributed by atoms with E-state index in [4.69, 9.17) is 9.47 Å². The van der Waals surface area contributed by atoms with Crippen molar-refractivity contribution < 1.29 is 14.3 Å². The molecule has 1 atom stereocenters. The number of amides is 1. The van der Waals surface area contributed by atoms with Crippen molar-refractivity contribution in [3.05, 3.63) is 41.9 Å². The number of aryl methyl sites for hydroxylation is 1. The highest BCUT2D eigenvalue weighted by atomic mass is 16.5. The highest BCUT2D eigenvalue weighted by Gasteiger charge is 2.31. The second kappa shape index (κ2) is 8.11. The van der Waals surface area contributed by atoms with Crippen LogP contribution in [0.5, 0.6) is 5.88 Å². The molecule has 7 heteroatoms. The summed E-state index contributed by atoms with van der Waals surface area (Å²) < 4.78 is 12.5. The standard InChI is InChI=1S/C18H24N4O3/c1-14-11-20-21(12-14)13-15-5-4-8-22(15)18(23)16-6-3-7-19-17(16)25-10-9-24-2/h3,6-7,11-12,15H,4-5,8-10,13H2,1-2H3/t15-/m0/s1.